The normalized spacial score (nSPS) is 12.2. The van der Waals surface area contributed by atoms with Crippen LogP contribution >= 0.6 is 11.8 Å². The third-order valence-electron chi connectivity index (χ3n) is 5.26. The van der Waals surface area contributed by atoms with E-state index >= 15 is 0 Å². The maximum absolute atomic E-state index is 11.4. The predicted molar refractivity (Wildman–Crippen MR) is 126 cm³/mol. The highest BCUT2D eigenvalue weighted by molar-refractivity contribution is 7.99. The largest absolute Gasteiger partial charge is 0.480 e. The van der Waals surface area contributed by atoms with E-state index in [1.54, 1.807) is 18.0 Å². The Morgan fingerprint density at radius 1 is 1.00 bits per heavy atom. The van der Waals surface area contributed by atoms with Crippen molar-refractivity contribution in [3.63, 3.8) is 0 Å². The second kappa shape index (κ2) is 17.7. The van der Waals surface area contributed by atoms with E-state index in [1.165, 1.54) is 89.9 Å². The number of aromatic amines is 1. The van der Waals surface area contributed by atoms with E-state index in [9.17, 15) is 9.90 Å². The van der Waals surface area contributed by atoms with Crippen LogP contribution in [-0.4, -0.2) is 38.6 Å². The zero-order chi connectivity index (χ0) is 21.2. The Morgan fingerprint density at radius 2 is 1.52 bits per heavy atom. The number of unbranched alkanes of at least 4 members (excludes halogenated alkanes) is 13. The minimum atomic E-state index is -0.814. The number of thioether (sulfide) groups is 1. The molecule has 1 aromatic heterocycles. The molecule has 0 saturated carbocycles. The highest BCUT2D eigenvalue weighted by Crippen LogP contribution is 2.15. The summed E-state index contributed by atoms with van der Waals surface area (Å²) >= 11 is 1.72. The molecule has 5 nitrogen and oxygen atoms in total. The molecule has 1 unspecified atom stereocenters. The number of aliphatic carboxylic acids is 1. The van der Waals surface area contributed by atoms with Crippen LogP contribution in [0.1, 0.15) is 103 Å². The van der Waals surface area contributed by atoms with Gasteiger partial charge in [-0.25, -0.2) is 9.78 Å². The summed E-state index contributed by atoms with van der Waals surface area (Å²) in [7, 11) is 0. The molecule has 0 bridgehead atoms. The van der Waals surface area contributed by atoms with Gasteiger partial charge in [0.2, 0.25) is 0 Å². The number of hydrogen-bond acceptors (Lipinski definition) is 4. The van der Waals surface area contributed by atoms with E-state index in [-0.39, 0.29) is 0 Å². The Kier molecular flexibility index (Phi) is 15.8. The molecule has 1 heterocycles. The first kappa shape index (κ1) is 25.9. The second-order valence-corrected chi connectivity index (χ2v) is 9.24. The van der Waals surface area contributed by atoms with Crippen molar-refractivity contribution in [1.82, 2.24) is 9.97 Å². The molecule has 1 rings (SSSR count). The van der Waals surface area contributed by atoms with Gasteiger partial charge < -0.3 is 15.4 Å². The van der Waals surface area contributed by atoms with Crippen molar-refractivity contribution in [3.8, 4) is 0 Å². The van der Waals surface area contributed by atoms with Gasteiger partial charge >= 0.3 is 5.97 Å². The minimum Gasteiger partial charge on any atom is -0.480 e. The van der Waals surface area contributed by atoms with Crippen molar-refractivity contribution >= 4 is 23.5 Å². The number of hydrogen-bond donors (Lipinski definition) is 3. The molecule has 0 fully saturated rings. The number of H-pyrrole nitrogens is 1. The first-order chi connectivity index (χ1) is 14.1. The number of carbonyl (C=O) groups is 1. The van der Waals surface area contributed by atoms with Crippen molar-refractivity contribution in [2.24, 2.45) is 0 Å². The van der Waals surface area contributed by atoms with E-state index < -0.39 is 12.0 Å². The molecule has 168 valence electrons. The maximum atomic E-state index is 11.4. The number of carboxylic acid groups (broad SMARTS) is 1. The Morgan fingerprint density at radius 3 is 1.97 bits per heavy atom. The molecule has 1 aromatic rings. The fraction of sp³-hybridized carbons (Fsp3) is 0.826. The molecular weight excluding hydrogens is 382 g/mol. The van der Waals surface area contributed by atoms with Crippen LogP contribution in [0, 0.1) is 6.92 Å². The van der Waals surface area contributed by atoms with Crippen molar-refractivity contribution in [1.29, 1.82) is 0 Å². The van der Waals surface area contributed by atoms with Gasteiger partial charge in [0, 0.05) is 5.75 Å². The zero-order valence-corrected chi connectivity index (χ0v) is 19.5. The number of rotatable bonds is 20. The topological polar surface area (TPSA) is 78.0 Å². The summed E-state index contributed by atoms with van der Waals surface area (Å²) in [5.74, 6) is 2.25. The first-order valence-corrected chi connectivity index (χ1v) is 12.9. The highest BCUT2D eigenvalue weighted by Gasteiger charge is 2.17. The molecule has 0 aliphatic rings. The Bertz CT molecular complexity index is 522. The molecule has 0 aliphatic carbocycles. The molecule has 0 saturated heterocycles. The van der Waals surface area contributed by atoms with Crippen LogP contribution in [0.3, 0.4) is 0 Å². The summed E-state index contributed by atoms with van der Waals surface area (Å²) in [5, 5.41) is 12.4. The van der Waals surface area contributed by atoms with Gasteiger partial charge in [-0.2, -0.15) is 11.8 Å². The average molecular weight is 426 g/mol. The summed E-state index contributed by atoms with van der Waals surface area (Å²) in [6.45, 7) is 4.13. The molecule has 0 aliphatic heterocycles. The van der Waals surface area contributed by atoms with Crippen LogP contribution in [0.15, 0.2) is 6.20 Å². The summed E-state index contributed by atoms with van der Waals surface area (Å²) < 4.78 is 0. The smallest absolute Gasteiger partial charge is 0.327 e. The Hall–Kier alpha value is -1.17. The molecule has 6 heteroatoms. The van der Waals surface area contributed by atoms with Gasteiger partial charge in [0.05, 0.1) is 6.20 Å². The molecule has 1 atom stereocenters. The summed E-state index contributed by atoms with van der Waals surface area (Å²) in [5.41, 5.74) is 0. The third kappa shape index (κ3) is 14.5. The van der Waals surface area contributed by atoms with Crippen LogP contribution in [-0.2, 0) is 4.79 Å². The van der Waals surface area contributed by atoms with Crippen molar-refractivity contribution in [2.75, 3.05) is 16.8 Å². The number of aryl methyl sites for hydroxylation is 1. The van der Waals surface area contributed by atoms with Crippen molar-refractivity contribution < 1.29 is 9.90 Å². The SMILES string of the molecule is CCCCCCCCCCCCCCCCSCC(Nc1cnc(C)[nH]1)C(=O)O. The van der Waals surface area contributed by atoms with E-state index in [2.05, 4.69) is 22.2 Å². The summed E-state index contributed by atoms with van der Waals surface area (Å²) in [6, 6.07) is -0.577. The van der Waals surface area contributed by atoms with Crippen LogP contribution in [0.5, 0.6) is 0 Å². The van der Waals surface area contributed by atoms with Gasteiger partial charge in [-0.05, 0) is 19.1 Å². The number of carboxylic acids is 1. The lowest BCUT2D eigenvalue weighted by Gasteiger charge is -2.13. The fourth-order valence-corrected chi connectivity index (χ4v) is 4.49. The number of nitrogens with one attached hydrogen (secondary N) is 2. The van der Waals surface area contributed by atoms with Gasteiger partial charge in [0.1, 0.15) is 17.7 Å². The van der Waals surface area contributed by atoms with Gasteiger partial charge in [-0.1, -0.05) is 90.4 Å². The van der Waals surface area contributed by atoms with E-state index in [0.717, 1.165) is 11.6 Å². The van der Waals surface area contributed by atoms with Crippen LogP contribution in [0.4, 0.5) is 5.82 Å². The second-order valence-electron chi connectivity index (χ2n) is 8.09. The number of nitrogens with zero attached hydrogens (tertiary/aromatic N) is 1. The molecule has 29 heavy (non-hydrogen) atoms. The lowest BCUT2D eigenvalue weighted by Crippen LogP contribution is -2.32. The van der Waals surface area contributed by atoms with Crippen molar-refractivity contribution in [3.05, 3.63) is 12.0 Å². The van der Waals surface area contributed by atoms with E-state index in [4.69, 9.17) is 0 Å². The van der Waals surface area contributed by atoms with E-state index in [0.29, 0.717) is 11.6 Å². The zero-order valence-electron chi connectivity index (χ0n) is 18.7. The standard InChI is InChI=1S/C23H43N3O2S/c1-3-4-5-6-7-8-9-10-11-12-13-14-15-16-17-29-19-21(23(27)28)26-22-18-24-20(2)25-22/h18,21,26H,3-17,19H2,1-2H3,(H,24,25)(H,27,28). The van der Waals surface area contributed by atoms with Gasteiger partial charge in [0.15, 0.2) is 0 Å². The molecule has 0 aromatic carbocycles. The van der Waals surface area contributed by atoms with Gasteiger partial charge in [0.25, 0.3) is 0 Å². The van der Waals surface area contributed by atoms with Gasteiger partial charge in [-0.3, -0.25) is 0 Å². The fourth-order valence-electron chi connectivity index (χ4n) is 3.46. The third-order valence-corrected chi connectivity index (χ3v) is 6.40. The quantitative estimate of drug-likeness (QED) is 0.200. The number of imidazole rings is 1. The minimum absolute atomic E-state index is 0.575. The maximum Gasteiger partial charge on any atom is 0.327 e. The summed E-state index contributed by atoms with van der Waals surface area (Å²) in [6.07, 6.45) is 20.8. The predicted octanol–water partition coefficient (Wildman–Crippen LogP) is 6.80. The van der Waals surface area contributed by atoms with E-state index in [1.807, 2.05) is 6.92 Å². The van der Waals surface area contributed by atoms with Crippen LogP contribution in [0.25, 0.3) is 0 Å². The number of aromatic nitrogens is 2. The molecular formula is C23H43N3O2S. The molecule has 3 N–H and O–H groups in total. The van der Waals surface area contributed by atoms with Crippen molar-refractivity contribution in [2.45, 2.75) is 110 Å². The average Bonchev–Trinajstić information content (AvgIpc) is 3.11. The highest BCUT2D eigenvalue weighted by atomic mass is 32.2. The van der Waals surface area contributed by atoms with Gasteiger partial charge in [-0.15, -0.1) is 0 Å². The van der Waals surface area contributed by atoms with Crippen LogP contribution < -0.4 is 5.32 Å². The lowest BCUT2D eigenvalue weighted by molar-refractivity contribution is -0.137. The molecule has 0 radical (unpaired) electrons. The monoisotopic (exact) mass is 425 g/mol. The lowest BCUT2D eigenvalue weighted by atomic mass is 10.0. The molecule has 0 amide bonds. The summed E-state index contributed by atoms with van der Waals surface area (Å²) in [4.78, 5) is 18.5. The first-order valence-electron chi connectivity index (χ1n) is 11.7. The molecule has 0 spiro atoms. The Labute approximate surface area is 182 Å². The number of anilines is 1. The van der Waals surface area contributed by atoms with Crippen LogP contribution in [0.2, 0.25) is 0 Å². The Balaban J connectivity index is 1.88.